The predicted octanol–water partition coefficient (Wildman–Crippen LogP) is 3.10. The van der Waals surface area contributed by atoms with Gasteiger partial charge in [0.15, 0.2) is 11.5 Å². The maximum Gasteiger partial charge on any atom is 0.261 e. The van der Waals surface area contributed by atoms with Gasteiger partial charge in [-0.25, -0.2) is 0 Å². The number of rotatable bonds is 6. The molecule has 0 aromatic heterocycles. The monoisotopic (exact) mass is 365 g/mol. The van der Waals surface area contributed by atoms with E-state index in [1.54, 1.807) is 19.2 Å². The van der Waals surface area contributed by atoms with E-state index in [0.717, 1.165) is 30.5 Å². The molecule has 2 aliphatic rings. The first kappa shape index (κ1) is 17.5. The third-order valence-electron chi connectivity index (χ3n) is 4.98. The zero-order chi connectivity index (χ0) is 18.8. The van der Waals surface area contributed by atoms with Gasteiger partial charge in [0.05, 0.1) is 31.0 Å². The van der Waals surface area contributed by atoms with E-state index >= 15 is 0 Å². The van der Waals surface area contributed by atoms with E-state index in [1.807, 2.05) is 29.3 Å². The number of para-hydroxylation sites is 1. The summed E-state index contributed by atoms with van der Waals surface area (Å²) < 4.78 is 11.3. The second-order valence-corrected chi connectivity index (χ2v) is 6.72. The molecule has 27 heavy (non-hydrogen) atoms. The Labute approximate surface area is 158 Å². The molecule has 0 bridgehead atoms. The minimum atomic E-state index is -0.0674. The quantitative estimate of drug-likeness (QED) is 0.798. The molecule has 6 nitrogen and oxygen atoms in total. The summed E-state index contributed by atoms with van der Waals surface area (Å²) in [5.74, 6) is 1.07. The lowest BCUT2D eigenvalue weighted by molar-refractivity contribution is 0.0986. The Morgan fingerprint density at radius 3 is 2.89 bits per heavy atom. The number of methoxy groups -OCH3 is 1. The summed E-state index contributed by atoms with van der Waals surface area (Å²) in [4.78, 5) is 19.7. The lowest BCUT2D eigenvalue weighted by atomic mass is 10.1. The number of unbranched alkanes of at least 4 members (excludes halogenated alkanes) is 1. The Kier molecular flexibility index (Phi) is 4.81. The van der Waals surface area contributed by atoms with Crippen LogP contribution in [-0.4, -0.2) is 38.4 Å². The van der Waals surface area contributed by atoms with Crippen molar-refractivity contribution in [3.8, 4) is 11.5 Å². The van der Waals surface area contributed by atoms with Crippen LogP contribution in [0, 0.1) is 0 Å². The highest BCUT2D eigenvalue weighted by molar-refractivity contribution is 6.14. The molecule has 2 aromatic carbocycles. The van der Waals surface area contributed by atoms with E-state index in [1.165, 1.54) is 0 Å². The van der Waals surface area contributed by atoms with Crippen LogP contribution in [0.2, 0.25) is 0 Å². The SMILES string of the molecule is COc1cc2c(cc1OCCCCN)N=C[C@@H]1Cc3ccccc3N1C2=O. The predicted molar refractivity (Wildman–Crippen MR) is 106 cm³/mol. The van der Waals surface area contributed by atoms with Gasteiger partial charge in [-0.15, -0.1) is 0 Å². The van der Waals surface area contributed by atoms with Gasteiger partial charge in [0, 0.05) is 24.4 Å². The van der Waals surface area contributed by atoms with Crippen molar-refractivity contribution >= 4 is 23.5 Å². The minimum Gasteiger partial charge on any atom is -0.493 e. The molecule has 0 aliphatic carbocycles. The van der Waals surface area contributed by atoms with Crippen LogP contribution in [0.3, 0.4) is 0 Å². The van der Waals surface area contributed by atoms with Gasteiger partial charge in [0.25, 0.3) is 5.91 Å². The number of hydrogen-bond donors (Lipinski definition) is 1. The van der Waals surface area contributed by atoms with Crippen molar-refractivity contribution in [3.63, 3.8) is 0 Å². The van der Waals surface area contributed by atoms with Gasteiger partial charge in [-0.2, -0.15) is 0 Å². The van der Waals surface area contributed by atoms with E-state index in [0.29, 0.717) is 35.9 Å². The average Bonchev–Trinajstić information content (AvgIpc) is 3.01. The van der Waals surface area contributed by atoms with Crippen LogP contribution in [0.4, 0.5) is 11.4 Å². The number of amides is 1. The summed E-state index contributed by atoms with van der Waals surface area (Å²) in [5.41, 5.74) is 8.78. The molecular formula is C21H23N3O3. The fraction of sp³-hybridized carbons (Fsp3) is 0.333. The second-order valence-electron chi connectivity index (χ2n) is 6.72. The van der Waals surface area contributed by atoms with E-state index < -0.39 is 0 Å². The van der Waals surface area contributed by atoms with Crippen molar-refractivity contribution in [1.29, 1.82) is 0 Å². The standard InChI is InChI=1S/C21H23N3O3/c1-26-19-11-16-17(12-20(19)27-9-5-4-8-22)23-13-15-10-14-6-2-3-7-18(14)24(15)21(16)25/h2-3,6-7,11-13,15H,4-5,8-10,22H2,1H3/t15-/m0/s1. The van der Waals surface area contributed by atoms with Crippen molar-refractivity contribution in [2.24, 2.45) is 10.7 Å². The number of fused-ring (bicyclic) bond motifs is 4. The van der Waals surface area contributed by atoms with Gasteiger partial charge >= 0.3 is 0 Å². The number of aliphatic imine (C=N–C) groups is 1. The summed E-state index contributed by atoms with van der Waals surface area (Å²) in [5, 5.41) is 0. The first-order valence-corrected chi connectivity index (χ1v) is 9.23. The Balaban J connectivity index is 1.68. The molecule has 2 heterocycles. The highest BCUT2D eigenvalue weighted by Gasteiger charge is 2.36. The fourth-order valence-electron chi connectivity index (χ4n) is 3.62. The van der Waals surface area contributed by atoms with Crippen molar-refractivity contribution < 1.29 is 14.3 Å². The van der Waals surface area contributed by atoms with Crippen molar-refractivity contribution in [3.05, 3.63) is 47.5 Å². The fourth-order valence-corrected chi connectivity index (χ4v) is 3.62. The van der Waals surface area contributed by atoms with E-state index in [2.05, 4.69) is 11.1 Å². The largest absolute Gasteiger partial charge is 0.493 e. The molecule has 4 rings (SSSR count). The second kappa shape index (κ2) is 7.40. The molecule has 0 spiro atoms. The average molecular weight is 365 g/mol. The molecule has 0 radical (unpaired) electrons. The van der Waals surface area contributed by atoms with Crippen molar-refractivity contribution in [2.45, 2.75) is 25.3 Å². The van der Waals surface area contributed by atoms with Gasteiger partial charge in [-0.3, -0.25) is 14.7 Å². The smallest absolute Gasteiger partial charge is 0.261 e. The first-order valence-electron chi connectivity index (χ1n) is 9.23. The minimum absolute atomic E-state index is 0.0644. The summed E-state index contributed by atoms with van der Waals surface area (Å²) in [6, 6.07) is 11.5. The van der Waals surface area contributed by atoms with Crippen LogP contribution in [0.5, 0.6) is 11.5 Å². The Hall–Kier alpha value is -2.86. The number of nitrogens with two attached hydrogens (primary N) is 1. The Bertz CT molecular complexity index is 894. The van der Waals surface area contributed by atoms with Crippen LogP contribution in [0.15, 0.2) is 41.4 Å². The number of nitrogens with zero attached hydrogens (tertiary/aromatic N) is 2. The maximum atomic E-state index is 13.3. The number of carbonyl (C=O) groups excluding carboxylic acids is 1. The molecule has 1 atom stereocenters. The van der Waals surface area contributed by atoms with Crippen LogP contribution in [0.1, 0.15) is 28.8 Å². The normalized spacial score (nSPS) is 17.2. The molecule has 2 N–H and O–H groups in total. The Morgan fingerprint density at radius 1 is 1.22 bits per heavy atom. The third kappa shape index (κ3) is 3.17. The zero-order valence-corrected chi connectivity index (χ0v) is 15.4. The van der Waals surface area contributed by atoms with Crippen LogP contribution in [-0.2, 0) is 6.42 Å². The molecule has 0 saturated carbocycles. The summed E-state index contributed by atoms with van der Waals surface area (Å²) in [6.07, 6.45) is 4.40. The molecule has 1 amide bonds. The first-order chi connectivity index (χ1) is 13.2. The summed E-state index contributed by atoms with van der Waals surface area (Å²) >= 11 is 0. The van der Waals surface area contributed by atoms with Gasteiger partial charge in [-0.05, 0) is 37.1 Å². The molecule has 2 aromatic rings. The molecule has 0 unspecified atom stereocenters. The number of benzene rings is 2. The zero-order valence-electron chi connectivity index (χ0n) is 15.4. The number of carbonyl (C=O) groups is 1. The number of anilines is 1. The van der Waals surface area contributed by atoms with Crippen molar-refractivity contribution in [2.75, 3.05) is 25.2 Å². The molecule has 2 aliphatic heterocycles. The molecule has 0 saturated heterocycles. The third-order valence-corrected chi connectivity index (χ3v) is 4.98. The molecule has 0 fully saturated rings. The highest BCUT2D eigenvalue weighted by Crippen LogP contribution is 2.40. The molecule has 140 valence electrons. The lowest BCUT2D eigenvalue weighted by Crippen LogP contribution is -2.37. The number of ether oxygens (including phenoxy) is 2. The van der Waals surface area contributed by atoms with E-state index in [9.17, 15) is 4.79 Å². The van der Waals surface area contributed by atoms with Gasteiger partial charge in [0.1, 0.15) is 0 Å². The topological polar surface area (TPSA) is 77.2 Å². The molecule has 6 heteroatoms. The van der Waals surface area contributed by atoms with Crippen LogP contribution < -0.4 is 20.1 Å². The summed E-state index contributed by atoms with van der Waals surface area (Å²) in [6.45, 7) is 1.19. The van der Waals surface area contributed by atoms with Gasteiger partial charge in [0.2, 0.25) is 0 Å². The molecular weight excluding hydrogens is 342 g/mol. The number of hydrogen-bond acceptors (Lipinski definition) is 5. The lowest BCUT2D eigenvalue weighted by Gasteiger charge is -2.22. The van der Waals surface area contributed by atoms with Crippen molar-refractivity contribution in [1.82, 2.24) is 0 Å². The van der Waals surface area contributed by atoms with E-state index in [-0.39, 0.29) is 11.9 Å². The van der Waals surface area contributed by atoms with Gasteiger partial charge < -0.3 is 15.2 Å². The van der Waals surface area contributed by atoms with Crippen LogP contribution in [0.25, 0.3) is 0 Å². The van der Waals surface area contributed by atoms with Gasteiger partial charge in [-0.1, -0.05) is 18.2 Å². The van der Waals surface area contributed by atoms with E-state index in [4.69, 9.17) is 15.2 Å². The maximum absolute atomic E-state index is 13.3. The van der Waals surface area contributed by atoms with Crippen LogP contribution >= 0.6 is 0 Å². The summed E-state index contributed by atoms with van der Waals surface area (Å²) in [7, 11) is 1.58. The highest BCUT2D eigenvalue weighted by atomic mass is 16.5. The Morgan fingerprint density at radius 2 is 2.07 bits per heavy atom.